The van der Waals surface area contributed by atoms with Crippen LogP contribution in [0.2, 0.25) is 0 Å². The van der Waals surface area contributed by atoms with Gasteiger partial charge in [-0.3, -0.25) is 19.2 Å². The maximum Gasteiger partial charge on any atom is 0.326 e. The number of aliphatic carboxylic acids is 1. The molecular formula is C35H51N5O7. The van der Waals surface area contributed by atoms with E-state index in [0.29, 0.717) is 12.0 Å². The van der Waals surface area contributed by atoms with E-state index in [2.05, 4.69) is 21.3 Å². The maximum atomic E-state index is 13.8. The molecule has 0 aliphatic carbocycles. The van der Waals surface area contributed by atoms with Crippen LogP contribution < -0.4 is 27.0 Å². The van der Waals surface area contributed by atoms with Crippen LogP contribution in [0.15, 0.2) is 54.6 Å². The van der Waals surface area contributed by atoms with Gasteiger partial charge < -0.3 is 37.2 Å². The van der Waals surface area contributed by atoms with Crippen molar-refractivity contribution in [2.24, 2.45) is 23.5 Å². The number of carbonyl (C=O) groups is 5. The number of phenols is 1. The van der Waals surface area contributed by atoms with Crippen LogP contribution in [0.1, 0.15) is 65.5 Å². The summed E-state index contributed by atoms with van der Waals surface area (Å²) in [5, 5.41) is 30.2. The van der Waals surface area contributed by atoms with Crippen molar-refractivity contribution in [3.05, 3.63) is 65.7 Å². The number of hydrogen-bond acceptors (Lipinski definition) is 7. The number of amides is 4. The summed E-state index contributed by atoms with van der Waals surface area (Å²) in [6.07, 6.45) is 1.01. The van der Waals surface area contributed by atoms with Gasteiger partial charge in [0.2, 0.25) is 23.6 Å². The highest BCUT2D eigenvalue weighted by molar-refractivity contribution is 5.95. The molecule has 0 saturated carbocycles. The fourth-order valence-corrected chi connectivity index (χ4v) is 5.01. The second-order valence-electron chi connectivity index (χ2n) is 12.9. The van der Waals surface area contributed by atoms with E-state index in [0.717, 1.165) is 5.56 Å². The molecule has 8 N–H and O–H groups in total. The van der Waals surface area contributed by atoms with Gasteiger partial charge in [-0.1, -0.05) is 90.4 Å². The van der Waals surface area contributed by atoms with Gasteiger partial charge in [-0.25, -0.2) is 4.79 Å². The third-order valence-electron chi connectivity index (χ3n) is 8.01. The molecule has 47 heavy (non-hydrogen) atoms. The molecule has 0 saturated heterocycles. The van der Waals surface area contributed by atoms with Crippen LogP contribution in [0, 0.1) is 17.8 Å². The lowest BCUT2D eigenvalue weighted by molar-refractivity contribution is -0.144. The first-order chi connectivity index (χ1) is 22.1. The molecule has 4 amide bonds. The first kappa shape index (κ1) is 38.7. The van der Waals surface area contributed by atoms with Gasteiger partial charge in [0.25, 0.3) is 0 Å². The molecule has 0 fully saturated rings. The summed E-state index contributed by atoms with van der Waals surface area (Å²) in [5.41, 5.74) is 7.64. The van der Waals surface area contributed by atoms with Crippen molar-refractivity contribution in [2.75, 3.05) is 0 Å². The third kappa shape index (κ3) is 12.7. The molecule has 2 rings (SSSR count). The fourth-order valence-electron chi connectivity index (χ4n) is 5.01. The van der Waals surface area contributed by atoms with Crippen molar-refractivity contribution in [3.8, 4) is 5.75 Å². The number of nitrogens with one attached hydrogen (secondary N) is 4. The SMILES string of the molecule is CCC(C)C(NC(=O)C(CC(C)C)NC(=O)C(Cc1ccc(O)cc1)NC(=O)C(NC(=O)C(N)Cc1ccccc1)C(C)C)C(=O)O. The van der Waals surface area contributed by atoms with Gasteiger partial charge in [-0.05, 0) is 53.9 Å². The molecule has 2 aromatic rings. The lowest BCUT2D eigenvalue weighted by Gasteiger charge is -2.29. The van der Waals surface area contributed by atoms with Gasteiger partial charge in [0.05, 0.1) is 6.04 Å². The highest BCUT2D eigenvalue weighted by atomic mass is 16.4. The highest BCUT2D eigenvalue weighted by Crippen LogP contribution is 2.14. The monoisotopic (exact) mass is 653 g/mol. The second-order valence-corrected chi connectivity index (χ2v) is 12.9. The number of carbonyl (C=O) groups excluding carboxylic acids is 4. The average molecular weight is 654 g/mol. The fraction of sp³-hybridized carbons (Fsp3) is 0.514. The Morgan fingerprint density at radius 3 is 1.74 bits per heavy atom. The van der Waals surface area contributed by atoms with E-state index >= 15 is 0 Å². The van der Waals surface area contributed by atoms with E-state index in [-0.39, 0.29) is 42.8 Å². The van der Waals surface area contributed by atoms with Crippen molar-refractivity contribution < 1.29 is 34.2 Å². The number of rotatable bonds is 18. The summed E-state index contributed by atoms with van der Waals surface area (Å²) >= 11 is 0. The lowest BCUT2D eigenvalue weighted by atomic mass is 9.97. The summed E-state index contributed by atoms with van der Waals surface area (Å²) in [6.45, 7) is 10.8. The van der Waals surface area contributed by atoms with Gasteiger partial charge in [0.1, 0.15) is 29.9 Å². The second kappa shape index (κ2) is 18.6. The molecule has 12 nitrogen and oxygen atoms in total. The van der Waals surface area contributed by atoms with E-state index in [1.165, 1.54) is 12.1 Å². The molecule has 0 spiro atoms. The number of benzene rings is 2. The Balaban J connectivity index is 2.30. The number of carboxylic acids is 1. The zero-order valence-electron chi connectivity index (χ0n) is 28.2. The van der Waals surface area contributed by atoms with E-state index in [9.17, 15) is 34.2 Å². The standard InChI is InChI=1S/C35H51N5O7/c1-7-22(6)30(35(46)47)40-33(44)27(17-20(2)3)37-32(43)28(19-24-13-15-25(41)16-14-24)38-34(45)29(21(4)5)39-31(42)26(36)18-23-11-9-8-10-12-23/h8-16,20-22,26-30,41H,7,17-19,36H2,1-6H3,(H,37,43)(H,38,45)(H,39,42)(H,40,44)(H,46,47). The van der Waals surface area contributed by atoms with Crippen LogP contribution >= 0.6 is 0 Å². The smallest absolute Gasteiger partial charge is 0.326 e. The van der Waals surface area contributed by atoms with Gasteiger partial charge in [0, 0.05) is 6.42 Å². The first-order valence-electron chi connectivity index (χ1n) is 16.1. The number of carboxylic acid groups (broad SMARTS) is 1. The highest BCUT2D eigenvalue weighted by Gasteiger charge is 2.34. The quantitative estimate of drug-likeness (QED) is 0.127. The molecular weight excluding hydrogens is 602 g/mol. The molecule has 0 bridgehead atoms. The van der Waals surface area contributed by atoms with E-state index < -0.39 is 59.8 Å². The zero-order chi connectivity index (χ0) is 35.3. The minimum atomic E-state index is -1.18. The molecule has 0 aliphatic rings. The topological polar surface area (TPSA) is 200 Å². The Labute approximate surface area is 277 Å². The predicted octanol–water partition coefficient (Wildman–Crippen LogP) is 2.28. The van der Waals surface area contributed by atoms with Crippen LogP contribution in [-0.2, 0) is 36.8 Å². The Morgan fingerprint density at radius 2 is 1.21 bits per heavy atom. The largest absolute Gasteiger partial charge is 0.508 e. The average Bonchev–Trinajstić information content (AvgIpc) is 3.01. The van der Waals surface area contributed by atoms with Gasteiger partial charge >= 0.3 is 5.97 Å². The Bertz CT molecular complexity index is 1330. The minimum Gasteiger partial charge on any atom is -0.508 e. The number of aromatic hydroxyl groups is 1. The molecule has 0 aliphatic heterocycles. The van der Waals surface area contributed by atoms with E-state index in [1.54, 1.807) is 32.9 Å². The normalized spacial score (nSPS) is 15.1. The first-order valence-corrected chi connectivity index (χ1v) is 16.1. The minimum absolute atomic E-state index is 0.00474. The lowest BCUT2D eigenvalue weighted by Crippen LogP contribution is -2.60. The molecule has 0 heterocycles. The van der Waals surface area contributed by atoms with Gasteiger partial charge in [-0.15, -0.1) is 0 Å². The molecule has 6 unspecified atom stereocenters. The van der Waals surface area contributed by atoms with Crippen molar-refractivity contribution >= 4 is 29.6 Å². The molecule has 6 atom stereocenters. The summed E-state index contributed by atoms with van der Waals surface area (Å²) in [7, 11) is 0. The number of hydrogen-bond donors (Lipinski definition) is 7. The summed E-state index contributed by atoms with van der Waals surface area (Å²) in [5.74, 6) is -4.36. The van der Waals surface area contributed by atoms with Crippen LogP contribution in [-0.4, -0.2) is 70.0 Å². The van der Waals surface area contributed by atoms with E-state index in [1.807, 2.05) is 51.1 Å². The van der Waals surface area contributed by atoms with Crippen LogP contribution in [0.5, 0.6) is 5.75 Å². The number of phenolic OH excluding ortho intramolecular Hbond substituents is 1. The number of nitrogens with two attached hydrogens (primary N) is 1. The van der Waals surface area contributed by atoms with Crippen LogP contribution in [0.3, 0.4) is 0 Å². The van der Waals surface area contributed by atoms with Crippen LogP contribution in [0.25, 0.3) is 0 Å². The van der Waals surface area contributed by atoms with Crippen molar-refractivity contribution in [3.63, 3.8) is 0 Å². The summed E-state index contributed by atoms with van der Waals surface area (Å²) in [4.78, 5) is 65.7. The Kier molecular flexibility index (Phi) is 15.4. The summed E-state index contributed by atoms with van der Waals surface area (Å²) < 4.78 is 0. The maximum absolute atomic E-state index is 13.8. The van der Waals surface area contributed by atoms with Crippen molar-refractivity contribution in [1.82, 2.24) is 21.3 Å². The summed E-state index contributed by atoms with van der Waals surface area (Å²) in [6, 6.07) is 10.0. The predicted molar refractivity (Wildman–Crippen MR) is 179 cm³/mol. The van der Waals surface area contributed by atoms with Crippen molar-refractivity contribution in [1.29, 1.82) is 0 Å². The van der Waals surface area contributed by atoms with Gasteiger partial charge in [0.15, 0.2) is 0 Å². The zero-order valence-corrected chi connectivity index (χ0v) is 28.2. The molecule has 0 aromatic heterocycles. The molecule has 12 heteroatoms. The Hall–Kier alpha value is -4.45. The van der Waals surface area contributed by atoms with Crippen LogP contribution in [0.4, 0.5) is 0 Å². The van der Waals surface area contributed by atoms with Crippen molar-refractivity contribution in [2.45, 2.75) is 97.4 Å². The molecule has 0 radical (unpaired) electrons. The molecule has 258 valence electrons. The molecule has 2 aromatic carbocycles. The van der Waals surface area contributed by atoms with E-state index in [4.69, 9.17) is 5.73 Å². The van der Waals surface area contributed by atoms with Gasteiger partial charge in [-0.2, -0.15) is 0 Å². The Morgan fingerprint density at radius 1 is 0.681 bits per heavy atom. The third-order valence-corrected chi connectivity index (χ3v) is 8.01.